The maximum absolute atomic E-state index is 13.4. The highest BCUT2D eigenvalue weighted by Crippen LogP contribution is 2.31. The average molecular weight is 286 g/mol. The Morgan fingerprint density at radius 3 is 2.15 bits per heavy atom. The predicted octanol–water partition coefficient (Wildman–Crippen LogP) is 3.50. The minimum Gasteiger partial charge on any atom is -0.451 e. The van der Waals surface area contributed by atoms with E-state index in [1.165, 1.54) is 12.1 Å². The summed E-state index contributed by atoms with van der Waals surface area (Å²) in [6.07, 6.45) is 0. The minimum atomic E-state index is -1.76. The van der Waals surface area contributed by atoms with Crippen LogP contribution in [0.5, 0.6) is 11.5 Å². The van der Waals surface area contributed by atoms with Crippen molar-refractivity contribution in [1.29, 1.82) is 0 Å². The number of halogens is 4. The molecule has 0 aliphatic rings. The van der Waals surface area contributed by atoms with Crippen LogP contribution < -0.4 is 9.64 Å². The number of ether oxygens (including phenoxy) is 1. The molecule has 106 valence electrons. The highest BCUT2D eigenvalue weighted by atomic mass is 19.2. The molecule has 0 bridgehead atoms. The largest absolute Gasteiger partial charge is 0.451 e. The van der Waals surface area contributed by atoms with E-state index in [0.29, 0.717) is 5.69 Å². The van der Waals surface area contributed by atoms with Crippen molar-refractivity contribution in [3.63, 3.8) is 0 Å². The van der Waals surface area contributed by atoms with Crippen LogP contribution in [0.15, 0.2) is 24.3 Å². The lowest BCUT2D eigenvalue weighted by atomic mass is 10.3. The molecule has 0 saturated carbocycles. The van der Waals surface area contributed by atoms with Crippen LogP contribution in [0, 0.1) is 23.5 Å². The molecule has 1 aromatic carbocycles. The zero-order chi connectivity index (χ0) is 14.9. The Morgan fingerprint density at radius 2 is 1.60 bits per heavy atom. The lowest BCUT2D eigenvalue weighted by Gasteiger charge is -2.14. The molecule has 20 heavy (non-hydrogen) atoms. The van der Waals surface area contributed by atoms with Gasteiger partial charge < -0.3 is 9.64 Å². The molecule has 1 aromatic heterocycles. The van der Waals surface area contributed by atoms with Gasteiger partial charge in [-0.2, -0.15) is 22.5 Å². The van der Waals surface area contributed by atoms with Crippen LogP contribution in [0.25, 0.3) is 0 Å². The fourth-order valence-corrected chi connectivity index (χ4v) is 1.50. The number of pyridine rings is 1. The molecule has 2 rings (SSSR count). The minimum absolute atomic E-state index is 0.0407. The molecular weight excluding hydrogens is 276 g/mol. The van der Waals surface area contributed by atoms with Gasteiger partial charge in [-0.3, -0.25) is 0 Å². The van der Waals surface area contributed by atoms with Gasteiger partial charge in [-0.25, -0.2) is 0 Å². The molecule has 0 unspecified atom stereocenters. The number of nitrogens with zero attached hydrogens (tertiary/aromatic N) is 2. The summed E-state index contributed by atoms with van der Waals surface area (Å²) in [5.41, 5.74) is 0.693. The number of anilines is 1. The van der Waals surface area contributed by atoms with Gasteiger partial charge in [0, 0.05) is 25.8 Å². The maximum atomic E-state index is 13.4. The zero-order valence-electron chi connectivity index (χ0n) is 10.6. The highest BCUT2D eigenvalue weighted by Gasteiger charge is 2.22. The zero-order valence-corrected chi connectivity index (χ0v) is 10.6. The SMILES string of the molecule is CN(C)c1cccc(Oc2c(F)c(F)nc(F)c2F)c1. The molecular formula is C13H10F4N2O. The van der Waals surface area contributed by atoms with Crippen molar-refractivity contribution in [2.45, 2.75) is 0 Å². The third-order valence-corrected chi connectivity index (χ3v) is 2.51. The normalized spacial score (nSPS) is 10.5. The lowest BCUT2D eigenvalue weighted by Crippen LogP contribution is -2.08. The van der Waals surface area contributed by atoms with Gasteiger partial charge in [-0.15, -0.1) is 0 Å². The number of benzene rings is 1. The molecule has 0 aliphatic carbocycles. The second-order valence-electron chi connectivity index (χ2n) is 4.14. The van der Waals surface area contributed by atoms with E-state index in [2.05, 4.69) is 4.98 Å². The summed E-state index contributed by atoms with van der Waals surface area (Å²) in [5, 5.41) is 0. The van der Waals surface area contributed by atoms with E-state index in [1.54, 1.807) is 31.1 Å². The molecule has 0 amide bonds. The number of aromatic nitrogens is 1. The van der Waals surface area contributed by atoms with E-state index < -0.39 is 29.3 Å². The van der Waals surface area contributed by atoms with Gasteiger partial charge in [0.05, 0.1) is 0 Å². The first kappa shape index (κ1) is 14.1. The van der Waals surface area contributed by atoms with Crippen molar-refractivity contribution in [3.05, 3.63) is 47.8 Å². The van der Waals surface area contributed by atoms with Crippen molar-refractivity contribution < 1.29 is 22.3 Å². The maximum Gasteiger partial charge on any atom is 0.255 e. The van der Waals surface area contributed by atoms with E-state index in [4.69, 9.17) is 4.74 Å². The molecule has 0 fully saturated rings. The molecule has 0 aliphatic heterocycles. The molecule has 2 aromatic rings. The third-order valence-electron chi connectivity index (χ3n) is 2.51. The van der Waals surface area contributed by atoms with Crippen LogP contribution in [0.3, 0.4) is 0 Å². The van der Waals surface area contributed by atoms with Crippen molar-refractivity contribution in [1.82, 2.24) is 4.98 Å². The molecule has 0 N–H and O–H groups in total. The summed E-state index contributed by atoms with van der Waals surface area (Å²) in [4.78, 5) is 4.18. The molecule has 7 heteroatoms. The van der Waals surface area contributed by atoms with E-state index in [9.17, 15) is 17.6 Å². The number of hydrogen-bond donors (Lipinski definition) is 0. The first-order valence-corrected chi connectivity index (χ1v) is 5.55. The third kappa shape index (κ3) is 2.66. The summed E-state index contributed by atoms with van der Waals surface area (Å²) in [5.74, 6) is -8.01. The van der Waals surface area contributed by atoms with Gasteiger partial charge in [-0.1, -0.05) is 6.07 Å². The van der Waals surface area contributed by atoms with Crippen molar-refractivity contribution in [2.24, 2.45) is 0 Å². The van der Waals surface area contributed by atoms with Gasteiger partial charge in [0.25, 0.3) is 11.9 Å². The van der Waals surface area contributed by atoms with Crippen LogP contribution in [0.1, 0.15) is 0 Å². The average Bonchev–Trinajstić information content (AvgIpc) is 2.42. The van der Waals surface area contributed by atoms with E-state index in [0.717, 1.165) is 0 Å². The molecule has 1 heterocycles. The quantitative estimate of drug-likeness (QED) is 0.638. The Morgan fingerprint density at radius 1 is 1.00 bits per heavy atom. The molecule has 0 spiro atoms. The fourth-order valence-electron chi connectivity index (χ4n) is 1.50. The first-order chi connectivity index (χ1) is 9.40. The second-order valence-corrected chi connectivity index (χ2v) is 4.14. The van der Waals surface area contributed by atoms with Gasteiger partial charge in [0.15, 0.2) is 0 Å². The van der Waals surface area contributed by atoms with Crippen molar-refractivity contribution in [2.75, 3.05) is 19.0 Å². The van der Waals surface area contributed by atoms with Crippen molar-refractivity contribution in [3.8, 4) is 11.5 Å². The number of hydrogen-bond acceptors (Lipinski definition) is 3. The van der Waals surface area contributed by atoms with Gasteiger partial charge in [-0.05, 0) is 12.1 Å². The number of rotatable bonds is 3. The molecule has 0 saturated heterocycles. The monoisotopic (exact) mass is 286 g/mol. The summed E-state index contributed by atoms with van der Waals surface area (Å²) < 4.78 is 57.6. The highest BCUT2D eigenvalue weighted by molar-refractivity contribution is 5.50. The Kier molecular flexibility index (Phi) is 3.78. The first-order valence-electron chi connectivity index (χ1n) is 5.55. The van der Waals surface area contributed by atoms with E-state index in [-0.39, 0.29) is 5.75 Å². The topological polar surface area (TPSA) is 25.4 Å². The predicted molar refractivity (Wildman–Crippen MR) is 64.9 cm³/mol. The van der Waals surface area contributed by atoms with Crippen LogP contribution in [0.4, 0.5) is 23.2 Å². The lowest BCUT2D eigenvalue weighted by molar-refractivity contribution is 0.343. The molecule has 0 radical (unpaired) electrons. The van der Waals surface area contributed by atoms with E-state index in [1.807, 2.05) is 0 Å². The summed E-state index contributed by atoms with van der Waals surface area (Å²) in [7, 11) is 3.51. The van der Waals surface area contributed by atoms with Crippen LogP contribution in [0.2, 0.25) is 0 Å². The van der Waals surface area contributed by atoms with Gasteiger partial charge in [0.1, 0.15) is 5.75 Å². The second kappa shape index (κ2) is 5.36. The van der Waals surface area contributed by atoms with Gasteiger partial charge >= 0.3 is 0 Å². The molecule has 0 atom stereocenters. The standard InChI is InChI=1S/C13H10F4N2O/c1-19(2)7-4-3-5-8(6-7)20-11-9(14)12(16)18-13(17)10(11)15/h3-6H,1-2H3. The Hall–Kier alpha value is -2.31. The Balaban J connectivity index is 2.42. The Bertz CT molecular complexity index is 620. The fraction of sp³-hybridized carbons (Fsp3) is 0.154. The smallest absolute Gasteiger partial charge is 0.255 e. The van der Waals surface area contributed by atoms with E-state index >= 15 is 0 Å². The molecule has 3 nitrogen and oxygen atoms in total. The summed E-state index contributed by atoms with van der Waals surface area (Å²) in [6, 6.07) is 6.18. The Labute approximate surface area is 112 Å². The van der Waals surface area contributed by atoms with Crippen molar-refractivity contribution >= 4 is 5.69 Å². The van der Waals surface area contributed by atoms with Crippen LogP contribution in [-0.2, 0) is 0 Å². The van der Waals surface area contributed by atoms with Crippen LogP contribution >= 0.6 is 0 Å². The van der Waals surface area contributed by atoms with Gasteiger partial charge in [0.2, 0.25) is 17.4 Å². The van der Waals surface area contributed by atoms with Crippen LogP contribution in [-0.4, -0.2) is 19.1 Å². The summed E-state index contributed by atoms with van der Waals surface area (Å²) >= 11 is 0. The summed E-state index contributed by atoms with van der Waals surface area (Å²) in [6.45, 7) is 0.